The maximum atomic E-state index is 12.2. The van der Waals surface area contributed by atoms with Crippen molar-refractivity contribution in [2.24, 2.45) is 11.1 Å². The zero-order valence-electron chi connectivity index (χ0n) is 12.2. The molecule has 1 aliphatic carbocycles. The number of amides is 1. The Labute approximate surface area is 115 Å². The minimum Gasteiger partial charge on any atom is -0.351 e. The van der Waals surface area contributed by atoms with Gasteiger partial charge >= 0.3 is 0 Å². The molecule has 0 radical (unpaired) electrons. The van der Waals surface area contributed by atoms with Gasteiger partial charge in [-0.3, -0.25) is 4.79 Å². The van der Waals surface area contributed by atoms with E-state index in [9.17, 15) is 4.79 Å². The molecule has 0 aromatic heterocycles. The van der Waals surface area contributed by atoms with Gasteiger partial charge in [0.25, 0.3) is 0 Å². The van der Waals surface area contributed by atoms with E-state index in [0.717, 1.165) is 19.3 Å². The lowest BCUT2D eigenvalue weighted by Gasteiger charge is -2.39. The maximum Gasteiger partial charge on any atom is 0.227 e. The summed E-state index contributed by atoms with van der Waals surface area (Å²) in [7, 11) is 0. The average molecular weight is 260 g/mol. The van der Waals surface area contributed by atoms with Crippen molar-refractivity contribution in [1.82, 2.24) is 5.32 Å². The van der Waals surface area contributed by atoms with Crippen molar-refractivity contribution in [3.8, 4) is 0 Å². The summed E-state index contributed by atoms with van der Waals surface area (Å²) in [6.07, 6.45) is 2.98. The number of hydrogen-bond donors (Lipinski definition) is 2. The van der Waals surface area contributed by atoms with Crippen LogP contribution in [0.4, 0.5) is 0 Å². The number of carbonyl (C=O) groups is 1. The van der Waals surface area contributed by atoms with Gasteiger partial charge < -0.3 is 11.1 Å². The molecule has 3 N–H and O–H groups in total. The SMILES string of the molecule is Cc1cc(C)c(CNC(=O)C2(CN)CCC2)cc1C. The summed E-state index contributed by atoms with van der Waals surface area (Å²) in [4.78, 5) is 12.2. The molecule has 0 atom stereocenters. The molecule has 2 rings (SSSR count). The maximum absolute atomic E-state index is 12.2. The van der Waals surface area contributed by atoms with Gasteiger partial charge in [0.2, 0.25) is 5.91 Å². The normalized spacial score (nSPS) is 16.8. The molecule has 0 aliphatic heterocycles. The fraction of sp³-hybridized carbons (Fsp3) is 0.562. The first kappa shape index (κ1) is 14.1. The highest BCUT2D eigenvalue weighted by Gasteiger charge is 2.42. The molecule has 1 aliphatic rings. The lowest BCUT2D eigenvalue weighted by atomic mass is 9.68. The number of benzene rings is 1. The summed E-state index contributed by atoms with van der Waals surface area (Å²) in [6, 6.07) is 4.35. The van der Waals surface area contributed by atoms with E-state index in [1.165, 1.54) is 22.3 Å². The summed E-state index contributed by atoms with van der Waals surface area (Å²) in [5.74, 6) is 0.124. The van der Waals surface area contributed by atoms with Crippen LogP contribution in [0, 0.1) is 26.2 Å². The molecule has 0 unspecified atom stereocenters. The third kappa shape index (κ3) is 2.66. The lowest BCUT2D eigenvalue weighted by Crippen LogP contribution is -2.50. The Hall–Kier alpha value is -1.35. The number of aryl methyl sites for hydroxylation is 3. The van der Waals surface area contributed by atoms with Crippen molar-refractivity contribution in [1.29, 1.82) is 0 Å². The molecule has 0 spiro atoms. The van der Waals surface area contributed by atoms with Gasteiger partial charge in [0.15, 0.2) is 0 Å². The van der Waals surface area contributed by atoms with Gasteiger partial charge in [0.1, 0.15) is 0 Å². The lowest BCUT2D eigenvalue weighted by molar-refractivity contribution is -0.135. The standard InChI is InChI=1S/C16H24N2O/c1-11-7-13(3)14(8-12(11)2)9-18-15(19)16(10-17)5-4-6-16/h7-8H,4-6,9-10,17H2,1-3H3,(H,18,19). The van der Waals surface area contributed by atoms with Crippen molar-refractivity contribution in [2.45, 2.75) is 46.6 Å². The molecule has 104 valence electrons. The van der Waals surface area contributed by atoms with Crippen molar-refractivity contribution in [3.05, 3.63) is 34.4 Å². The fourth-order valence-corrected chi connectivity index (χ4v) is 2.70. The molecule has 0 heterocycles. The van der Waals surface area contributed by atoms with Gasteiger partial charge in [-0.05, 0) is 55.9 Å². The van der Waals surface area contributed by atoms with Gasteiger partial charge in [0, 0.05) is 13.1 Å². The van der Waals surface area contributed by atoms with E-state index in [1.807, 2.05) is 0 Å². The van der Waals surface area contributed by atoms with Gasteiger partial charge in [-0.15, -0.1) is 0 Å². The third-order valence-electron chi connectivity index (χ3n) is 4.57. The van der Waals surface area contributed by atoms with Crippen LogP contribution in [0.1, 0.15) is 41.5 Å². The first-order valence-electron chi connectivity index (χ1n) is 7.03. The fourth-order valence-electron chi connectivity index (χ4n) is 2.70. The first-order valence-corrected chi connectivity index (χ1v) is 7.03. The predicted octanol–water partition coefficient (Wildman–Crippen LogP) is 2.36. The molecule has 19 heavy (non-hydrogen) atoms. The van der Waals surface area contributed by atoms with Crippen molar-refractivity contribution in [3.63, 3.8) is 0 Å². The minimum atomic E-state index is -0.284. The van der Waals surface area contributed by atoms with E-state index in [0.29, 0.717) is 13.1 Å². The number of nitrogens with two attached hydrogens (primary N) is 1. The van der Waals surface area contributed by atoms with Crippen LogP contribution in [0.15, 0.2) is 12.1 Å². The second-order valence-corrected chi connectivity index (χ2v) is 5.88. The van der Waals surface area contributed by atoms with Crippen LogP contribution >= 0.6 is 0 Å². The molecule has 0 bridgehead atoms. The van der Waals surface area contributed by atoms with E-state index in [2.05, 4.69) is 38.2 Å². The highest BCUT2D eigenvalue weighted by Crippen LogP contribution is 2.40. The smallest absolute Gasteiger partial charge is 0.227 e. The van der Waals surface area contributed by atoms with E-state index < -0.39 is 0 Å². The van der Waals surface area contributed by atoms with Crippen LogP contribution < -0.4 is 11.1 Å². The van der Waals surface area contributed by atoms with Gasteiger partial charge in [-0.1, -0.05) is 18.6 Å². The van der Waals surface area contributed by atoms with Crippen molar-refractivity contribution >= 4 is 5.91 Å². The number of nitrogens with one attached hydrogen (secondary N) is 1. The number of carbonyl (C=O) groups excluding carboxylic acids is 1. The van der Waals surface area contributed by atoms with Crippen molar-refractivity contribution < 1.29 is 4.79 Å². The molecule has 3 nitrogen and oxygen atoms in total. The average Bonchev–Trinajstić information content (AvgIpc) is 2.31. The molecule has 0 saturated heterocycles. The zero-order chi connectivity index (χ0) is 14.0. The number of rotatable bonds is 4. The van der Waals surface area contributed by atoms with E-state index in [1.54, 1.807) is 0 Å². The third-order valence-corrected chi connectivity index (χ3v) is 4.57. The molecule has 1 aromatic carbocycles. The summed E-state index contributed by atoms with van der Waals surface area (Å²) >= 11 is 0. The Kier molecular flexibility index (Phi) is 3.95. The van der Waals surface area contributed by atoms with E-state index in [4.69, 9.17) is 5.73 Å². The summed E-state index contributed by atoms with van der Waals surface area (Å²) in [5, 5.41) is 3.06. The van der Waals surface area contributed by atoms with Crippen LogP contribution in [0.3, 0.4) is 0 Å². The highest BCUT2D eigenvalue weighted by molar-refractivity contribution is 5.83. The highest BCUT2D eigenvalue weighted by atomic mass is 16.2. The van der Waals surface area contributed by atoms with Gasteiger partial charge in [-0.2, -0.15) is 0 Å². The van der Waals surface area contributed by atoms with Gasteiger partial charge in [0.05, 0.1) is 5.41 Å². The second-order valence-electron chi connectivity index (χ2n) is 5.88. The van der Waals surface area contributed by atoms with Crippen LogP contribution in [-0.2, 0) is 11.3 Å². The topological polar surface area (TPSA) is 55.1 Å². The monoisotopic (exact) mass is 260 g/mol. The minimum absolute atomic E-state index is 0.124. The summed E-state index contributed by atoms with van der Waals surface area (Å²) in [5.41, 5.74) is 10.5. The molecular weight excluding hydrogens is 236 g/mol. The van der Waals surface area contributed by atoms with E-state index >= 15 is 0 Å². The van der Waals surface area contributed by atoms with Crippen LogP contribution in [0.2, 0.25) is 0 Å². The predicted molar refractivity (Wildman–Crippen MR) is 77.8 cm³/mol. The van der Waals surface area contributed by atoms with Crippen molar-refractivity contribution in [2.75, 3.05) is 6.54 Å². The zero-order valence-corrected chi connectivity index (χ0v) is 12.2. The van der Waals surface area contributed by atoms with Crippen LogP contribution in [0.5, 0.6) is 0 Å². The first-order chi connectivity index (χ1) is 8.98. The Bertz CT molecular complexity index is 484. The Morgan fingerprint density at radius 1 is 1.21 bits per heavy atom. The Balaban J connectivity index is 2.03. The molecule has 1 saturated carbocycles. The molecule has 3 heteroatoms. The quantitative estimate of drug-likeness (QED) is 0.873. The number of hydrogen-bond acceptors (Lipinski definition) is 2. The Morgan fingerprint density at radius 2 is 1.84 bits per heavy atom. The largest absolute Gasteiger partial charge is 0.351 e. The van der Waals surface area contributed by atoms with Gasteiger partial charge in [-0.25, -0.2) is 0 Å². The summed E-state index contributed by atoms with van der Waals surface area (Å²) in [6.45, 7) is 7.38. The second kappa shape index (κ2) is 5.33. The Morgan fingerprint density at radius 3 is 2.37 bits per heavy atom. The van der Waals surface area contributed by atoms with E-state index in [-0.39, 0.29) is 11.3 Å². The molecule has 1 fully saturated rings. The molecule has 1 aromatic rings. The van der Waals surface area contributed by atoms with Crippen LogP contribution in [-0.4, -0.2) is 12.5 Å². The molecule has 1 amide bonds. The molecular formula is C16H24N2O. The van der Waals surface area contributed by atoms with Crippen LogP contribution in [0.25, 0.3) is 0 Å². The summed E-state index contributed by atoms with van der Waals surface area (Å²) < 4.78 is 0.